The van der Waals surface area contributed by atoms with Crippen LogP contribution in [0.15, 0.2) is 29.2 Å². The Hall–Kier alpha value is -2.37. The van der Waals surface area contributed by atoms with E-state index in [4.69, 9.17) is 18.8 Å². The Bertz CT molecular complexity index is 1060. The fourth-order valence-electron chi connectivity index (χ4n) is 4.36. The Morgan fingerprint density at radius 1 is 0.850 bits per heavy atom. The molecule has 0 bridgehead atoms. The molecule has 0 unspecified atom stereocenters. The summed E-state index contributed by atoms with van der Waals surface area (Å²) in [5, 5.41) is 9.04. The molecule has 2 aliphatic heterocycles. The number of nitrogens with zero attached hydrogens (tertiary/aromatic N) is 2. The molecule has 0 aliphatic carbocycles. The number of rotatable bonds is 5. The lowest BCUT2D eigenvalue weighted by atomic mass is 9.99. The number of carbonyl (C=O) groups excluding carboxylic acids is 2. The van der Waals surface area contributed by atoms with Crippen molar-refractivity contribution in [3.63, 3.8) is 0 Å². The van der Waals surface area contributed by atoms with Gasteiger partial charge in [0.2, 0.25) is 0 Å². The van der Waals surface area contributed by atoms with Gasteiger partial charge in [-0.1, -0.05) is 17.7 Å². The predicted molar refractivity (Wildman–Crippen MR) is 152 cm³/mol. The highest BCUT2D eigenvalue weighted by atomic mass is 32.2. The molecule has 1 aromatic carbocycles. The third-order valence-corrected chi connectivity index (χ3v) is 7.66. The summed E-state index contributed by atoms with van der Waals surface area (Å²) < 4.78 is 40.4. The second-order valence-electron chi connectivity index (χ2n) is 12.6. The predicted octanol–water partition coefficient (Wildman–Crippen LogP) is 4.97. The largest absolute Gasteiger partial charge is 0.444 e. The van der Waals surface area contributed by atoms with E-state index in [0.717, 1.165) is 37.8 Å². The van der Waals surface area contributed by atoms with E-state index in [1.807, 2.05) is 48.5 Å². The number of amides is 2. The van der Waals surface area contributed by atoms with Gasteiger partial charge >= 0.3 is 12.2 Å². The van der Waals surface area contributed by atoms with Crippen molar-refractivity contribution in [1.29, 1.82) is 0 Å². The first-order valence-corrected chi connectivity index (χ1v) is 15.4. The zero-order valence-corrected chi connectivity index (χ0v) is 26.0. The van der Waals surface area contributed by atoms with Crippen molar-refractivity contribution < 1.29 is 36.8 Å². The molecule has 11 heteroatoms. The van der Waals surface area contributed by atoms with Crippen LogP contribution < -0.4 is 0 Å². The quantitative estimate of drug-likeness (QED) is 0.481. The van der Waals surface area contributed by atoms with Crippen molar-refractivity contribution in [2.45, 2.75) is 90.2 Å². The van der Waals surface area contributed by atoms with Gasteiger partial charge < -0.3 is 24.4 Å². The molecule has 0 spiro atoms. The zero-order valence-electron chi connectivity index (χ0n) is 25.1. The van der Waals surface area contributed by atoms with Gasteiger partial charge in [-0.2, -0.15) is 8.42 Å². The third-order valence-electron chi connectivity index (χ3n) is 6.37. The average Bonchev–Trinajstić information content (AvgIpc) is 2.86. The van der Waals surface area contributed by atoms with Gasteiger partial charge in [0.1, 0.15) is 11.2 Å². The number of aliphatic hydroxyl groups excluding tert-OH is 1. The summed E-state index contributed by atoms with van der Waals surface area (Å²) in [6.45, 7) is 15.6. The fraction of sp³-hybridized carbons (Fsp3) is 0.724. The standard InChI is InChI=1S/C18H27NO5S.C11H21NO3/c1-14-7-9-16(10-8-14)25(21,22)23-13-15-6-5-11-19(12-15)17(20)24-18(2,3)4;1-11(2,3)15-10(14)12-6-4-5-9(7-12)8-13/h7-10,15H,5-6,11-13H2,1-4H3;9,13H,4-8H2,1-3H3/t15-;9-/m00/s1. The van der Waals surface area contributed by atoms with E-state index in [1.165, 1.54) is 0 Å². The van der Waals surface area contributed by atoms with E-state index in [1.54, 1.807) is 34.1 Å². The molecule has 40 heavy (non-hydrogen) atoms. The van der Waals surface area contributed by atoms with Gasteiger partial charge in [-0.05, 0) is 92.2 Å². The molecular formula is C29H48N2O8S. The van der Waals surface area contributed by atoms with Crippen LogP contribution in [0.2, 0.25) is 0 Å². The number of ether oxygens (including phenoxy) is 2. The molecule has 2 saturated heterocycles. The number of likely N-dealkylation sites (tertiary alicyclic amines) is 2. The summed E-state index contributed by atoms with van der Waals surface area (Å²) >= 11 is 0. The first kappa shape index (κ1) is 33.8. The molecule has 228 valence electrons. The van der Waals surface area contributed by atoms with Crippen molar-refractivity contribution >= 4 is 22.3 Å². The van der Waals surface area contributed by atoms with Crippen molar-refractivity contribution in [2.75, 3.05) is 39.4 Å². The molecule has 2 fully saturated rings. The summed E-state index contributed by atoms with van der Waals surface area (Å²) in [6.07, 6.45) is 2.94. The molecule has 3 rings (SSSR count). The van der Waals surface area contributed by atoms with Crippen molar-refractivity contribution in [2.24, 2.45) is 11.8 Å². The monoisotopic (exact) mass is 584 g/mol. The van der Waals surface area contributed by atoms with Crippen LogP contribution in [0.5, 0.6) is 0 Å². The molecule has 1 aromatic rings. The normalized spacial score (nSPS) is 20.3. The molecule has 10 nitrogen and oxygen atoms in total. The van der Waals surface area contributed by atoms with Crippen molar-refractivity contribution in [3.05, 3.63) is 29.8 Å². The smallest absolute Gasteiger partial charge is 0.410 e. The molecule has 0 aromatic heterocycles. The van der Waals surface area contributed by atoms with Crippen LogP contribution in [0.4, 0.5) is 9.59 Å². The van der Waals surface area contributed by atoms with E-state index >= 15 is 0 Å². The Kier molecular flexibility index (Phi) is 12.3. The number of hydrogen-bond acceptors (Lipinski definition) is 8. The highest BCUT2D eigenvalue weighted by Gasteiger charge is 2.29. The van der Waals surface area contributed by atoms with Crippen molar-refractivity contribution in [3.8, 4) is 0 Å². The number of carbonyl (C=O) groups is 2. The Labute approximate surface area is 240 Å². The maximum absolute atomic E-state index is 12.3. The SMILES string of the molecule is CC(C)(C)OC(=O)N1CCC[C@H](CO)C1.Cc1ccc(S(=O)(=O)OC[C@H]2CCCN(C(=O)OC(C)(C)C)C2)cc1. The summed E-state index contributed by atoms with van der Waals surface area (Å²) in [4.78, 5) is 27.3. The Balaban J connectivity index is 0.000000319. The van der Waals surface area contributed by atoms with E-state index < -0.39 is 21.3 Å². The maximum Gasteiger partial charge on any atom is 0.410 e. The van der Waals surface area contributed by atoms with Gasteiger partial charge in [0.15, 0.2) is 0 Å². The van der Waals surface area contributed by atoms with Crippen LogP contribution in [0, 0.1) is 18.8 Å². The second-order valence-corrected chi connectivity index (χ2v) is 14.2. The van der Waals surface area contributed by atoms with Crippen LogP contribution in [0.25, 0.3) is 0 Å². The highest BCUT2D eigenvalue weighted by molar-refractivity contribution is 7.86. The summed E-state index contributed by atoms with van der Waals surface area (Å²) in [5.74, 6) is 0.188. The average molecular weight is 585 g/mol. The van der Waals surface area contributed by atoms with Crippen LogP contribution in [-0.2, 0) is 23.8 Å². The van der Waals surface area contributed by atoms with Gasteiger partial charge in [0.05, 0.1) is 11.5 Å². The summed E-state index contributed by atoms with van der Waals surface area (Å²) in [5.41, 5.74) is -0.00215. The lowest BCUT2D eigenvalue weighted by Gasteiger charge is -2.33. The van der Waals surface area contributed by atoms with Crippen molar-refractivity contribution in [1.82, 2.24) is 9.80 Å². The van der Waals surface area contributed by atoms with Gasteiger partial charge in [0.25, 0.3) is 10.1 Å². The maximum atomic E-state index is 12.3. The molecule has 0 saturated carbocycles. The van der Waals surface area contributed by atoms with Crippen LogP contribution in [0.1, 0.15) is 72.8 Å². The molecule has 0 radical (unpaired) electrons. The van der Waals surface area contributed by atoms with Gasteiger partial charge in [-0.15, -0.1) is 0 Å². The highest BCUT2D eigenvalue weighted by Crippen LogP contribution is 2.22. The van der Waals surface area contributed by atoms with Gasteiger partial charge in [0, 0.05) is 38.7 Å². The number of aliphatic hydroxyl groups is 1. The first-order chi connectivity index (χ1) is 18.5. The lowest BCUT2D eigenvalue weighted by molar-refractivity contribution is 0.0125. The molecule has 1 N–H and O–H groups in total. The Morgan fingerprint density at radius 2 is 1.30 bits per heavy atom. The topological polar surface area (TPSA) is 123 Å². The second kappa shape index (κ2) is 14.5. The molecule has 2 aliphatic rings. The minimum atomic E-state index is -3.78. The number of aryl methyl sites for hydroxylation is 1. The minimum Gasteiger partial charge on any atom is -0.444 e. The van der Waals surface area contributed by atoms with Crippen LogP contribution >= 0.6 is 0 Å². The molecule has 2 heterocycles. The van der Waals surface area contributed by atoms with Crippen LogP contribution in [0.3, 0.4) is 0 Å². The first-order valence-electron chi connectivity index (χ1n) is 14.0. The third kappa shape index (κ3) is 12.0. The fourth-order valence-corrected chi connectivity index (χ4v) is 5.34. The molecule has 2 atom stereocenters. The lowest BCUT2D eigenvalue weighted by Crippen LogP contribution is -2.44. The minimum absolute atomic E-state index is 0.0264. The number of hydrogen-bond donors (Lipinski definition) is 1. The molecule has 2 amide bonds. The van der Waals surface area contributed by atoms with E-state index in [9.17, 15) is 18.0 Å². The van der Waals surface area contributed by atoms with E-state index in [0.29, 0.717) is 19.6 Å². The number of piperidine rings is 2. The van der Waals surface area contributed by atoms with Gasteiger partial charge in [-0.3, -0.25) is 4.18 Å². The zero-order chi connectivity index (χ0) is 30.1. The summed E-state index contributed by atoms with van der Waals surface area (Å²) in [7, 11) is -3.78. The van der Waals surface area contributed by atoms with E-state index in [-0.39, 0.29) is 42.1 Å². The van der Waals surface area contributed by atoms with Crippen LogP contribution in [-0.4, -0.2) is 86.1 Å². The van der Waals surface area contributed by atoms with Gasteiger partial charge in [-0.25, -0.2) is 9.59 Å². The number of benzene rings is 1. The molecular weight excluding hydrogens is 536 g/mol. The van der Waals surface area contributed by atoms with E-state index in [2.05, 4.69) is 0 Å². The summed E-state index contributed by atoms with van der Waals surface area (Å²) in [6, 6.07) is 6.55. The Morgan fingerprint density at radius 3 is 1.75 bits per heavy atom.